The predicted molar refractivity (Wildman–Crippen MR) is 58.0 cm³/mol. The largest absolute Gasteiger partial charge is 0.352 e. The van der Waals surface area contributed by atoms with Crippen LogP contribution in [0.1, 0.15) is 12.8 Å². The summed E-state index contributed by atoms with van der Waals surface area (Å²) in [7, 11) is 3.57. The van der Waals surface area contributed by atoms with Gasteiger partial charge in [0.05, 0.1) is 0 Å². The second-order valence-electron chi connectivity index (χ2n) is 3.74. The zero-order valence-electron chi connectivity index (χ0n) is 8.31. The standard InChI is InChI=1S/C11H13BNO/c1-13(10-7-8-10)11(14)12-9-5-3-2-4-6-9/h2-6,10H,7-8H2,1H3. The molecule has 0 spiro atoms. The molecule has 0 aliphatic heterocycles. The van der Waals surface area contributed by atoms with Crippen molar-refractivity contribution in [3.63, 3.8) is 0 Å². The van der Waals surface area contributed by atoms with E-state index in [1.54, 1.807) is 7.28 Å². The van der Waals surface area contributed by atoms with Crippen LogP contribution in [0.5, 0.6) is 0 Å². The van der Waals surface area contributed by atoms with Gasteiger partial charge in [0.15, 0.2) is 5.81 Å². The van der Waals surface area contributed by atoms with Gasteiger partial charge in [-0.15, -0.1) is 0 Å². The van der Waals surface area contributed by atoms with Gasteiger partial charge in [0.25, 0.3) is 7.28 Å². The number of amides is 1. The van der Waals surface area contributed by atoms with E-state index in [1.165, 1.54) is 0 Å². The van der Waals surface area contributed by atoms with Crippen molar-refractivity contribution in [2.75, 3.05) is 7.05 Å². The van der Waals surface area contributed by atoms with Gasteiger partial charge in [-0.2, -0.15) is 0 Å². The van der Waals surface area contributed by atoms with Crippen LogP contribution in [-0.2, 0) is 0 Å². The molecule has 1 aliphatic carbocycles. The Balaban J connectivity index is 1.94. The van der Waals surface area contributed by atoms with E-state index in [1.807, 2.05) is 42.3 Å². The Labute approximate surface area is 85.2 Å². The molecule has 1 saturated carbocycles. The predicted octanol–water partition coefficient (Wildman–Crippen LogP) is 1.23. The first-order chi connectivity index (χ1) is 6.77. The van der Waals surface area contributed by atoms with Crippen molar-refractivity contribution in [3.8, 4) is 0 Å². The molecule has 0 heterocycles. The fourth-order valence-corrected chi connectivity index (χ4v) is 1.44. The van der Waals surface area contributed by atoms with Crippen molar-refractivity contribution in [1.82, 2.24) is 4.90 Å². The molecule has 3 heteroatoms. The van der Waals surface area contributed by atoms with Gasteiger partial charge in [-0.1, -0.05) is 35.8 Å². The smallest absolute Gasteiger partial charge is 0.271 e. The first kappa shape index (κ1) is 9.32. The lowest BCUT2D eigenvalue weighted by molar-refractivity contribution is 0.230. The molecule has 14 heavy (non-hydrogen) atoms. The van der Waals surface area contributed by atoms with E-state index in [0.717, 1.165) is 18.3 Å². The summed E-state index contributed by atoms with van der Waals surface area (Å²) in [6, 6.07) is 10.2. The average molecular weight is 186 g/mol. The van der Waals surface area contributed by atoms with Crippen LogP contribution in [0, 0.1) is 0 Å². The molecule has 1 aromatic rings. The molecule has 1 aliphatic rings. The Kier molecular flexibility index (Phi) is 2.57. The summed E-state index contributed by atoms with van der Waals surface area (Å²) < 4.78 is 0. The van der Waals surface area contributed by atoms with E-state index in [2.05, 4.69) is 0 Å². The maximum atomic E-state index is 11.7. The van der Waals surface area contributed by atoms with Gasteiger partial charge in [0.1, 0.15) is 0 Å². The van der Waals surface area contributed by atoms with Crippen molar-refractivity contribution >= 4 is 18.5 Å². The number of hydrogen-bond donors (Lipinski definition) is 0. The minimum Gasteiger partial charge on any atom is -0.352 e. The molecule has 2 rings (SSSR count). The van der Waals surface area contributed by atoms with E-state index in [-0.39, 0.29) is 5.81 Å². The third-order valence-corrected chi connectivity index (χ3v) is 2.53. The highest BCUT2D eigenvalue weighted by Crippen LogP contribution is 2.25. The van der Waals surface area contributed by atoms with Crippen LogP contribution < -0.4 is 5.46 Å². The molecule has 1 radical (unpaired) electrons. The van der Waals surface area contributed by atoms with Crippen molar-refractivity contribution < 1.29 is 4.79 Å². The highest BCUT2D eigenvalue weighted by atomic mass is 16.2. The van der Waals surface area contributed by atoms with Crippen molar-refractivity contribution in [3.05, 3.63) is 30.3 Å². The zero-order valence-corrected chi connectivity index (χ0v) is 8.31. The number of benzene rings is 1. The lowest BCUT2D eigenvalue weighted by atomic mass is 9.69. The van der Waals surface area contributed by atoms with Crippen LogP contribution in [0.15, 0.2) is 30.3 Å². The highest BCUT2D eigenvalue weighted by molar-refractivity contribution is 6.83. The van der Waals surface area contributed by atoms with E-state index in [9.17, 15) is 4.79 Å². The summed E-state index contributed by atoms with van der Waals surface area (Å²) in [5.41, 5.74) is 0.977. The lowest BCUT2D eigenvalue weighted by Crippen LogP contribution is -2.36. The molecular formula is C11H13BNO. The van der Waals surface area contributed by atoms with Crippen molar-refractivity contribution in [2.24, 2.45) is 0 Å². The van der Waals surface area contributed by atoms with Crippen LogP contribution in [0.4, 0.5) is 4.79 Å². The molecule has 0 unspecified atom stereocenters. The Morgan fingerprint density at radius 1 is 1.36 bits per heavy atom. The number of carbonyl (C=O) groups excluding carboxylic acids is 1. The number of carbonyl (C=O) groups is 1. The Hall–Kier alpha value is -1.25. The highest BCUT2D eigenvalue weighted by Gasteiger charge is 2.29. The molecule has 1 aromatic carbocycles. The molecule has 0 bridgehead atoms. The number of rotatable bonds is 3. The van der Waals surface area contributed by atoms with E-state index in [4.69, 9.17) is 0 Å². The summed E-state index contributed by atoms with van der Waals surface area (Å²) in [4.78, 5) is 13.5. The zero-order chi connectivity index (χ0) is 9.97. The van der Waals surface area contributed by atoms with Gasteiger partial charge in [-0.25, -0.2) is 0 Å². The summed E-state index contributed by atoms with van der Waals surface area (Å²) in [5.74, 6) is 0.110. The molecule has 71 valence electrons. The second kappa shape index (κ2) is 3.87. The molecular weight excluding hydrogens is 173 g/mol. The Morgan fingerprint density at radius 2 is 2.00 bits per heavy atom. The quantitative estimate of drug-likeness (QED) is 0.650. The van der Waals surface area contributed by atoms with Crippen LogP contribution in [0.2, 0.25) is 0 Å². The topological polar surface area (TPSA) is 20.3 Å². The number of nitrogens with zero attached hydrogens (tertiary/aromatic N) is 1. The van der Waals surface area contributed by atoms with Gasteiger partial charge in [0.2, 0.25) is 0 Å². The van der Waals surface area contributed by atoms with Gasteiger partial charge in [0, 0.05) is 13.1 Å². The molecule has 1 amide bonds. The molecule has 1 fully saturated rings. The fraction of sp³-hybridized carbons (Fsp3) is 0.364. The van der Waals surface area contributed by atoms with Gasteiger partial charge in [-0.05, 0) is 12.8 Å². The second-order valence-corrected chi connectivity index (χ2v) is 3.74. The van der Waals surface area contributed by atoms with Crippen molar-refractivity contribution in [1.29, 1.82) is 0 Å². The third kappa shape index (κ3) is 2.16. The monoisotopic (exact) mass is 186 g/mol. The summed E-state index contributed by atoms with van der Waals surface area (Å²) in [6.45, 7) is 0. The number of hydrogen-bond acceptors (Lipinski definition) is 1. The molecule has 2 nitrogen and oxygen atoms in total. The van der Waals surface area contributed by atoms with Crippen LogP contribution >= 0.6 is 0 Å². The summed E-state index contributed by atoms with van der Waals surface area (Å²) in [6.07, 6.45) is 2.32. The lowest BCUT2D eigenvalue weighted by Gasteiger charge is -2.15. The van der Waals surface area contributed by atoms with Gasteiger partial charge >= 0.3 is 0 Å². The van der Waals surface area contributed by atoms with E-state index in [0.29, 0.717) is 6.04 Å². The first-order valence-electron chi connectivity index (χ1n) is 4.94. The van der Waals surface area contributed by atoms with Crippen LogP contribution in [0.25, 0.3) is 0 Å². The maximum Gasteiger partial charge on any atom is 0.271 e. The summed E-state index contributed by atoms with van der Waals surface area (Å²) in [5, 5.41) is 0. The van der Waals surface area contributed by atoms with Crippen LogP contribution in [0.3, 0.4) is 0 Å². The fourth-order valence-electron chi connectivity index (χ4n) is 1.44. The van der Waals surface area contributed by atoms with Crippen LogP contribution in [-0.4, -0.2) is 31.1 Å². The van der Waals surface area contributed by atoms with Gasteiger partial charge < -0.3 is 4.90 Å². The van der Waals surface area contributed by atoms with Crippen molar-refractivity contribution in [2.45, 2.75) is 18.9 Å². The van der Waals surface area contributed by atoms with E-state index < -0.39 is 0 Å². The SMILES string of the molecule is CN(C(=O)[B]c1ccccc1)C1CC1. The molecule has 0 aromatic heterocycles. The van der Waals surface area contributed by atoms with Gasteiger partial charge in [-0.3, -0.25) is 4.79 Å². The molecule has 0 N–H and O–H groups in total. The first-order valence-corrected chi connectivity index (χ1v) is 4.94. The molecule has 0 saturated heterocycles. The normalized spacial score (nSPS) is 14.9. The third-order valence-electron chi connectivity index (χ3n) is 2.53. The summed E-state index contributed by atoms with van der Waals surface area (Å²) >= 11 is 0. The van der Waals surface area contributed by atoms with E-state index >= 15 is 0 Å². The maximum absolute atomic E-state index is 11.7. The minimum atomic E-state index is 0.110. The Bertz CT molecular complexity index is 321. The average Bonchev–Trinajstić information content (AvgIpc) is 3.01. The Morgan fingerprint density at radius 3 is 2.57 bits per heavy atom. The minimum absolute atomic E-state index is 0.110. The molecule has 0 atom stereocenters.